The first-order chi connectivity index (χ1) is 19.5. The second-order valence-electron chi connectivity index (χ2n) is 10.7. The number of anilines is 2. The Morgan fingerprint density at radius 1 is 1.00 bits per heavy atom. The van der Waals surface area contributed by atoms with E-state index in [1.54, 1.807) is 17.0 Å². The number of amides is 3. The summed E-state index contributed by atoms with van der Waals surface area (Å²) in [5, 5.41) is 3.15. The molecule has 40 heavy (non-hydrogen) atoms. The summed E-state index contributed by atoms with van der Waals surface area (Å²) in [5.74, 6) is 1.17. The van der Waals surface area contributed by atoms with Crippen LogP contribution in [0.1, 0.15) is 46.4 Å². The lowest BCUT2D eigenvalue weighted by molar-refractivity contribution is 0.0338. The zero-order chi connectivity index (χ0) is 27.3. The highest BCUT2D eigenvalue weighted by Crippen LogP contribution is 2.49. The number of fused-ring (bicyclic) bond motifs is 5. The second kappa shape index (κ2) is 9.45. The van der Waals surface area contributed by atoms with E-state index in [1.165, 1.54) is 5.56 Å². The lowest BCUT2D eigenvalue weighted by Gasteiger charge is -2.50. The predicted molar refractivity (Wildman–Crippen MR) is 153 cm³/mol. The highest BCUT2D eigenvalue weighted by molar-refractivity contribution is 6.08. The van der Waals surface area contributed by atoms with E-state index in [2.05, 4.69) is 11.4 Å². The molecule has 3 amide bonds. The maximum atomic E-state index is 13.6. The summed E-state index contributed by atoms with van der Waals surface area (Å²) in [6, 6.07) is 30.5. The Kier molecular flexibility index (Phi) is 5.73. The number of carbonyl (C=O) groups excluding carboxylic acids is 2. The van der Waals surface area contributed by atoms with Gasteiger partial charge in [0, 0.05) is 29.8 Å². The van der Waals surface area contributed by atoms with Gasteiger partial charge in [-0.1, -0.05) is 66.7 Å². The number of benzene rings is 4. The maximum Gasteiger partial charge on any atom is 0.325 e. The molecule has 0 radical (unpaired) electrons. The number of nitrogens with zero attached hydrogens (tertiary/aromatic N) is 2. The Morgan fingerprint density at radius 3 is 2.67 bits per heavy atom. The molecule has 200 valence electrons. The summed E-state index contributed by atoms with van der Waals surface area (Å²) in [6.07, 6.45) is 1.38. The Labute approximate surface area is 232 Å². The molecule has 2 unspecified atom stereocenters. The van der Waals surface area contributed by atoms with E-state index < -0.39 is 5.72 Å². The van der Waals surface area contributed by atoms with Gasteiger partial charge in [-0.2, -0.15) is 0 Å². The van der Waals surface area contributed by atoms with Crippen molar-refractivity contribution in [2.45, 2.75) is 38.1 Å². The number of hydrogen-bond acceptors (Lipinski definition) is 4. The lowest BCUT2D eigenvalue weighted by Crippen LogP contribution is -2.65. The van der Waals surface area contributed by atoms with Gasteiger partial charge in [-0.3, -0.25) is 9.69 Å². The topological polar surface area (TPSA) is 71.1 Å². The van der Waals surface area contributed by atoms with Crippen LogP contribution < -0.4 is 24.6 Å². The van der Waals surface area contributed by atoms with Gasteiger partial charge in [-0.05, 0) is 54.8 Å². The summed E-state index contributed by atoms with van der Waals surface area (Å²) >= 11 is 0. The van der Waals surface area contributed by atoms with E-state index in [0.717, 1.165) is 23.2 Å². The molecule has 0 spiro atoms. The summed E-state index contributed by atoms with van der Waals surface area (Å²) in [6.45, 7) is 2.96. The van der Waals surface area contributed by atoms with Gasteiger partial charge in [0.05, 0.1) is 11.7 Å². The average Bonchev–Trinajstić information content (AvgIpc) is 3.40. The first-order valence-electron chi connectivity index (χ1n) is 13.6. The van der Waals surface area contributed by atoms with Crippen LogP contribution in [0.5, 0.6) is 11.5 Å². The van der Waals surface area contributed by atoms with Crippen LogP contribution in [-0.2, 0) is 13.0 Å². The predicted octanol–water partition coefficient (Wildman–Crippen LogP) is 6.24. The van der Waals surface area contributed by atoms with Crippen LogP contribution in [0.3, 0.4) is 0 Å². The molecule has 4 aromatic rings. The number of hydrogen-bond donors (Lipinski definition) is 1. The molecule has 0 saturated carbocycles. The van der Waals surface area contributed by atoms with E-state index in [1.807, 2.05) is 90.7 Å². The zero-order valence-electron chi connectivity index (χ0n) is 22.2. The van der Waals surface area contributed by atoms with Crippen LogP contribution >= 0.6 is 0 Å². The third-order valence-electron chi connectivity index (χ3n) is 7.98. The molecule has 4 aromatic carbocycles. The Bertz CT molecular complexity index is 1620. The van der Waals surface area contributed by atoms with Crippen molar-refractivity contribution in [3.05, 3.63) is 119 Å². The minimum atomic E-state index is -0.978. The average molecular weight is 532 g/mol. The van der Waals surface area contributed by atoms with Crippen LogP contribution in [0.15, 0.2) is 97.1 Å². The van der Waals surface area contributed by atoms with E-state index in [9.17, 15) is 9.59 Å². The smallest absolute Gasteiger partial charge is 0.325 e. The summed E-state index contributed by atoms with van der Waals surface area (Å²) in [4.78, 5) is 30.5. The molecule has 3 heterocycles. The van der Waals surface area contributed by atoms with Crippen molar-refractivity contribution in [1.82, 2.24) is 5.32 Å². The van der Waals surface area contributed by atoms with Crippen molar-refractivity contribution >= 4 is 23.3 Å². The van der Waals surface area contributed by atoms with Gasteiger partial charge in [-0.25, -0.2) is 4.79 Å². The van der Waals surface area contributed by atoms with Crippen molar-refractivity contribution in [3.8, 4) is 11.5 Å². The number of carbonyl (C=O) groups is 2. The SMILES string of the molecule is CC12CC(NC(=O)N1c1cccc(C(=O)N3CCc4ccccc43)c1)c1cccc(OCc3ccccc3)c1O2. The van der Waals surface area contributed by atoms with Gasteiger partial charge in [0.25, 0.3) is 5.91 Å². The van der Waals surface area contributed by atoms with E-state index in [0.29, 0.717) is 42.3 Å². The highest BCUT2D eigenvalue weighted by atomic mass is 16.5. The molecular formula is C33H29N3O4. The fourth-order valence-corrected chi connectivity index (χ4v) is 6.08. The van der Waals surface area contributed by atoms with Crippen LogP contribution in [0.2, 0.25) is 0 Å². The van der Waals surface area contributed by atoms with Gasteiger partial charge in [0.1, 0.15) is 6.61 Å². The summed E-state index contributed by atoms with van der Waals surface area (Å²) < 4.78 is 12.8. The Morgan fingerprint density at radius 2 is 1.80 bits per heavy atom. The molecule has 7 nitrogen and oxygen atoms in total. The third kappa shape index (κ3) is 4.06. The quantitative estimate of drug-likeness (QED) is 0.331. The van der Waals surface area contributed by atoms with Gasteiger partial charge < -0.3 is 19.7 Å². The zero-order valence-corrected chi connectivity index (χ0v) is 22.2. The standard InChI is InChI=1S/C33H29N3O4/c1-33-20-27(26-14-8-16-29(30(26)40-33)39-21-22-9-3-2-4-10-22)34-32(38)36(33)25-13-7-12-24(19-25)31(37)35-18-17-23-11-5-6-15-28(23)35/h2-16,19,27H,17-18,20-21H2,1H3,(H,34,38). The molecule has 3 aliphatic heterocycles. The molecule has 7 rings (SSSR count). The number of nitrogens with one attached hydrogen (secondary N) is 1. The molecule has 0 aliphatic carbocycles. The molecule has 7 heteroatoms. The monoisotopic (exact) mass is 531 g/mol. The molecule has 2 bridgehead atoms. The van der Waals surface area contributed by atoms with Gasteiger partial charge in [0.15, 0.2) is 17.2 Å². The van der Waals surface area contributed by atoms with E-state index in [-0.39, 0.29) is 18.0 Å². The molecular weight excluding hydrogens is 502 g/mol. The fraction of sp³-hybridized carbons (Fsp3) is 0.212. The van der Waals surface area contributed by atoms with Crippen LogP contribution in [-0.4, -0.2) is 24.2 Å². The van der Waals surface area contributed by atoms with Crippen LogP contribution in [0.4, 0.5) is 16.2 Å². The first-order valence-corrected chi connectivity index (χ1v) is 13.6. The maximum absolute atomic E-state index is 13.6. The van der Waals surface area contributed by atoms with Gasteiger partial charge >= 0.3 is 6.03 Å². The first kappa shape index (κ1) is 24.3. The Balaban J connectivity index is 1.19. The minimum Gasteiger partial charge on any atom is -0.485 e. The summed E-state index contributed by atoms with van der Waals surface area (Å²) in [5.41, 5.74) is 4.21. The number of ether oxygens (including phenoxy) is 2. The summed E-state index contributed by atoms with van der Waals surface area (Å²) in [7, 11) is 0. The van der Waals surface area contributed by atoms with Gasteiger partial charge in [-0.15, -0.1) is 0 Å². The Hall–Kier alpha value is -4.78. The molecule has 1 saturated heterocycles. The molecule has 0 aromatic heterocycles. The van der Waals surface area contributed by atoms with Crippen molar-refractivity contribution in [1.29, 1.82) is 0 Å². The fourth-order valence-electron chi connectivity index (χ4n) is 6.08. The molecule has 1 N–H and O–H groups in total. The van der Waals surface area contributed by atoms with Crippen molar-refractivity contribution in [2.75, 3.05) is 16.3 Å². The van der Waals surface area contributed by atoms with Gasteiger partial charge in [0.2, 0.25) is 0 Å². The van der Waals surface area contributed by atoms with E-state index >= 15 is 0 Å². The number of para-hydroxylation sites is 2. The largest absolute Gasteiger partial charge is 0.485 e. The van der Waals surface area contributed by atoms with Crippen LogP contribution in [0.25, 0.3) is 0 Å². The molecule has 2 atom stereocenters. The second-order valence-corrected chi connectivity index (χ2v) is 10.7. The highest BCUT2D eigenvalue weighted by Gasteiger charge is 2.50. The van der Waals surface area contributed by atoms with Crippen molar-refractivity contribution < 1.29 is 19.1 Å². The molecule has 3 aliphatic rings. The van der Waals surface area contributed by atoms with Crippen molar-refractivity contribution in [2.24, 2.45) is 0 Å². The van der Waals surface area contributed by atoms with Crippen molar-refractivity contribution in [3.63, 3.8) is 0 Å². The molecule has 1 fully saturated rings. The number of rotatable bonds is 5. The normalized spacial score (nSPS) is 20.7. The lowest BCUT2D eigenvalue weighted by atomic mass is 9.89. The van der Waals surface area contributed by atoms with E-state index in [4.69, 9.17) is 9.47 Å². The third-order valence-corrected chi connectivity index (χ3v) is 7.98. The minimum absolute atomic E-state index is 0.0845. The number of urea groups is 1. The van der Waals surface area contributed by atoms with Crippen LogP contribution in [0, 0.1) is 0 Å².